The third kappa shape index (κ3) is 7.64. The van der Waals surface area contributed by atoms with Crippen molar-refractivity contribution >= 4 is 35.2 Å². The van der Waals surface area contributed by atoms with Crippen LogP contribution in [0.3, 0.4) is 0 Å². The van der Waals surface area contributed by atoms with Crippen LogP contribution in [0.1, 0.15) is 60.4 Å². The molecular weight excluding hydrogens is 606 g/mol. The number of carbonyl (C=O) groups is 3. The molecule has 11 nitrogen and oxygen atoms in total. The van der Waals surface area contributed by atoms with Gasteiger partial charge >= 0.3 is 6.09 Å². The molecule has 1 aromatic heterocycles. The van der Waals surface area contributed by atoms with Crippen LogP contribution in [0.4, 0.5) is 10.5 Å². The highest BCUT2D eigenvalue weighted by atomic mass is 35.5. The number of piperidine rings is 1. The molecule has 46 heavy (non-hydrogen) atoms. The second-order valence-corrected chi connectivity index (χ2v) is 13.9. The van der Waals surface area contributed by atoms with E-state index < -0.39 is 12.1 Å². The summed E-state index contributed by atoms with van der Waals surface area (Å²) in [6, 6.07) is 5.12. The van der Waals surface area contributed by atoms with Gasteiger partial charge < -0.3 is 25.2 Å². The van der Waals surface area contributed by atoms with Gasteiger partial charge in [0.2, 0.25) is 5.91 Å². The molecule has 0 bridgehead atoms. The first-order chi connectivity index (χ1) is 21.9. The lowest BCUT2D eigenvalue weighted by atomic mass is 10.0. The molecule has 2 aromatic rings. The van der Waals surface area contributed by atoms with Gasteiger partial charge in [-0.1, -0.05) is 31.5 Å². The topological polar surface area (TPSA) is 125 Å². The third-order valence-corrected chi connectivity index (χ3v) is 10.3. The molecule has 1 aromatic carbocycles. The Kier molecular flexibility index (Phi) is 10.8. The Morgan fingerprint density at radius 1 is 1.00 bits per heavy atom. The fourth-order valence-electron chi connectivity index (χ4n) is 6.92. The maximum atomic E-state index is 13.6. The number of anilines is 1. The number of nitrogens with zero attached hydrogens (tertiary/aromatic N) is 6. The Morgan fingerprint density at radius 3 is 2.22 bits per heavy atom. The van der Waals surface area contributed by atoms with E-state index in [1.165, 1.54) is 6.33 Å². The molecule has 3 aliphatic heterocycles. The molecule has 2 N–H and O–H groups in total. The van der Waals surface area contributed by atoms with E-state index in [0.29, 0.717) is 60.6 Å². The van der Waals surface area contributed by atoms with Gasteiger partial charge in [-0.3, -0.25) is 14.5 Å². The molecule has 250 valence electrons. The summed E-state index contributed by atoms with van der Waals surface area (Å²) < 4.78 is 6.00. The Bertz CT molecular complexity index is 1400. The quantitative estimate of drug-likeness (QED) is 0.430. The van der Waals surface area contributed by atoms with Crippen molar-refractivity contribution in [3.8, 4) is 0 Å². The lowest BCUT2D eigenvalue weighted by Crippen LogP contribution is -2.50. The van der Waals surface area contributed by atoms with Crippen molar-refractivity contribution in [1.82, 2.24) is 24.7 Å². The van der Waals surface area contributed by atoms with E-state index in [-0.39, 0.29) is 23.8 Å². The number of hydrogen-bond acceptors (Lipinski definition) is 8. The molecule has 0 aliphatic carbocycles. The summed E-state index contributed by atoms with van der Waals surface area (Å²) in [6.45, 7) is 15.2. The fourth-order valence-corrected chi connectivity index (χ4v) is 7.10. The average molecular weight is 654 g/mol. The highest BCUT2D eigenvalue weighted by molar-refractivity contribution is 6.31. The van der Waals surface area contributed by atoms with Gasteiger partial charge in [-0.15, -0.1) is 0 Å². The molecule has 12 heteroatoms. The number of halogens is 1. The summed E-state index contributed by atoms with van der Waals surface area (Å²) in [5.74, 6) is 0.912. The van der Waals surface area contributed by atoms with Gasteiger partial charge in [-0.05, 0) is 69.2 Å². The zero-order valence-corrected chi connectivity index (χ0v) is 28.5. The van der Waals surface area contributed by atoms with Crippen LogP contribution in [0.2, 0.25) is 5.02 Å². The molecule has 0 spiro atoms. The highest BCUT2D eigenvalue weighted by Crippen LogP contribution is 2.33. The molecular formula is C34H48ClN7O4. The van der Waals surface area contributed by atoms with E-state index in [2.05, 4.69) is 14.9 Å². The summed E-state index contributed by atoms with van der Waals surface area (Å²) in [6.07, 6.45) is 2.77. The van der Waals surface area contributed by atoms with Crippen molar-refractivity contribution in [1.29, 1.82) is 0 Å². The van der Waals surface area contributed by atoms with Gasteiger partial charge in [0, 0.05) is 69.4 Å². The van der Waals surface area contributed by atoms with Crippen LogP contribution >= 0.6 is 11.6 Å². The number of hydrogen-bond donors (Lipinski definition) is 1. The molecule has 0 radical (unpaired) electrons. The molecule has 3 aliphatic rings. The maximum Gasteiger partial charge on any atom is 0.414 e. The van der Waals surface area contributed by atoms with Crippen LogP contribution in [-0.2, 0) is 9.53 Å². The zero-order chi connectivity index (χ0) is 33.1. The number of benzene rings is 1. The zero-order valence-electron chi connectivity index (χ0n) is 27.7. The van der Waals surface area contributed by atoms with Gasteiger partial charge in [0.25, 0.3) is 5.91 Å². The van der Waals surface area contributed by atoms with Crippen LogP contribution in [0.5, 0.6) is 0 Å². The molecule has 3 atom stereocenters. The number of carbonyl (C=O) groups excluding carboxylic acids is 3. The van der Waals surface area contributed by atoms with E-state index in [1.54, 1.807) is 9.80 Å². The minimum Gasteiger partial charge on any atom is -0.446 e. The van der Waals surface area contributed by atoms with Crippen molar-refractivity contribution in [2.45, 2.75) is 66.0 Å². The van der Waals surface area contributed by atoms with Gasteiger partial charge in [-0.25, -0.2) is 14.8 Å². The van der Waals surface area contributed by atoms with E-state index >= 15 is 0 Å². The first-order valence-electron chi connectivity index (χ1n) is 16.5. The third-order valence-electron chi connectivity index (χ3n) is 9.86. The number of rotatable bonds is 9. The minimum atomic E-state index is -0.518. The molecule has 3 fully saturated rings. The fraction of sp³-hybridized carbons (Fsp3) is 0.618. The Hall–Kier alpha value is -3.28. The molecule has 3 amide bonds. The predicted molar refractivity (Wildman–Crippen MR) is 178 cm³/mol. The predicted octanol–water partition coefficient (Wildman–Crippen LogP) is 4.07. The van der Waals surface area contributed by atoms with Gasteiger partial charge in [0.15, 0.2) is 0 Å². The Labute approximate surface area is 277 Å². The summed E-state index contributed by atoms with van der Waals surface area (Å²) in [5.41, 5.74) is 9.80. The summed E-state index contributed by atoms with van der Waals surface area (Å²) in [5, 5.41) is 0.600. The first kappa shape index (κ1) is 34.1. The van der Waals surface area contributed by atoms with E-state index in [9.17, 15) is 14.4 Å². The number of likely N-dealkylation sites (tertiary alicyclic amines) is 3. The number of aromatic nitrogens is 2. The molecule has 0 saturated carbocycles. The SMILES string of the molecule is Cc1ccc(N(CCCN2CC3CN(C(=O)c4c(C)ncnc4C)CC3C2)C(=O)OC2CCN(C(=O)C(N)C(C)C)CC2)cc1Cl. The van der Waals surface area contributed by atoms with Crippen LogP contribution in [0.25, 0.3) is 0 Å². The van der Waals surface area contributed by atoms with Crippen LogP contribution in [0, 0.1) is 38.5 Å². The van der Waals surface area contributed by atoms with Crippen molar-refractivity contribution < 1.29 is 19.1 Å². The molecule has 5 rings (SSSR count). The van der Waals surface area contributed by atoms with Gasteiger partial charge in [0.05, 0.1) is 23.0 Å². The molecule has 4 heterocycles. The van der Waals surface area contributed by atoms with Gasteiger partial charge in [0.1, 0.15) is 12.4 Å². The monoisotopic (exact) mass is 653 g/mol. The lowest BCUT2D eigenvalue weighted by molar-refractivity contribution is -0.135. The Morgan fingerprint density at radius 2 is 1.63 bits per heavy atom. The highest BCUT2D eigenvalue weighted by Gasteiger charge is 2.42. The number of aryl methyl sites for hydroxylation is 3. The molecule has 3 saturated heterocycles. The van der Waals surface area contributed by atoms with Crippen LogP contribution in [0.15, 0.2) is 24.5 Å². The minimum absolute atomic E-state index is 0.0267. The number of amides is 3. The van der Waals surface area contributed by atoms with Crippen molar-refractivity contribution in [3.63, 3.8) is 0 Å². The normalized spacial score (nSPS) is 21.0. The number of fused-ring (bicyclic) bond motifs is 1. The van der Waals surface area contributed by atoms with E-state index in [4.69, 9.17) is 22.1 Å². The van der Waals surface area contributed by atoms with Crippen molar-refractivity contribution in [2.75, 3.05) is 57.3 Å². The van der Waals surface area contributed by atoms with E-state index in [0.717, 1.165) is 56.1 Å². The van der Waals surface area contributed by atoms with Crippen molar-refractivity contribution in [3.05, 3.63) is 52.1 Å². The summed E-state index contributed by atoms with van der Waals surface area (Å²) in [7, 11) is 0. The summed E-state index contributed by atoms with van der Waals surface area (Å²) in [4.78, 5) is 55.9. The summed E-state index contributed by atoms with van der Waals surface area (Å²) >= 11 is 6.46. The Balaban J connectivity index is 1.14. The smallest absolute Gasteiger partial charge is 0.414 e. The van der Waals surface area contributed by atoms with Crippen molar-refractivity contribution in [2.24, 2.45) is 23.5 Å². The lowest BCUT2D eigenvalue weighted by Gasteiger charge is -2.35. The average Bonchev–Trinajstić information content (AvgIpc) is 3.59. The van der Waals surface area contributed by atoms with Crippen LogP contribution in [-0.4, -0.2) is 107 Å². The van der Waals surface area contributed by atoms with Crippen LogP contribution < -0.4 is 10.6 Å². The standard InChI is InChI=1S/C34H48ClN7O4/c1-21(2)31(36)33(44)40-13-9-28(10-14-40)46-34(45)42(27-8-7-22(3)29(35)15-27)12-6-11-39-16-25-18-41(19-26(25)17-39)32(43)30-23(4)37-20-38-24(30)5/h7-8,15,20-21,25-26,28,31H,6,9-14,16-19,36H2,1-5H3. The molecule has 3 unspecified atom stereocenters. The maximum absolute atomic E-state index is 13.6. The van der Waals surface area contributed by atoms with E-state index in [1.807, 2.05) is 57.7 Å². The number of ether oxygens (including phenoxy) is 1. The van der Waals surface area contributed by atoms with Gasteiger partial charge in [-0.2, -0.15) is 0 Å². The number of nitrogens with two attached hydrogens (primary N) is 1. The second kappa shape index (κ2) is 14.6. The first-order valence-corrected chi connectivity index (χ1v) is 16.9. The second-order valence-electron chi connectivity index (χ2n) is 13.5. The largest absolute Gasteiger partial charge is 0.446 e.